The van der Waals surface area contributed by atoms with Crippen LogP contribution in [-0.2, 0) is 0 Å². The zero-order valence-electron chi connectivity index (χ0n) is 7.62. The maximum Gasteiger partial charge on any atom is 0.139 e. The van der Waals surface area contributed by atoms with Crippen LogP contribution in [-0.4, -0.2) is 18.3 Å². The molecule has 1 aliphatic rings. The van der Waals surface area contributed by atoms with Crippen molar-refractivity contribution in [2.24, 2.45) is 0 Å². The summed E-state index contributed by atoms with van der Waals surface area (Å²) in [7, 11) is 0. The lowest BCUT2D eigenvalue weighted by atomic mass is 10.2. The summed E-state index contributed by atoms with van der Waals surface area (Å²) in [5.41, 5.74) is 3.53. The summed E-state index contributed by atoms with van der Waals surface area (Å²) in [5.74, 6) is 0. The molecule has 1 aromatic carbocycles. The fourth-order valence-electron chi connectivity index (χ4n) is 1.58. The number of rotatable bonds is 2. The molecule has 0 saturated carbocycles. The van der Waals surface area contributed by atoms with E-state index in [0.717, 1.165) is 11.4 Å². The van der Waals surface area contributed by atoms with Crippen molar-refractivity contribution >= 4 is 11.4 Å². The van der Waals surface area contributed by atoms with Crippen LogP contribution in [0.3, 0.4) is 0 Å². The van der Waals surface area contributed by atoms with E-state index in [1.54, 1.807) is 0 Å². The normalized spacial score (nSPS) is 14.2. The molecule has 0 unspecified atom stereocenters. The first kappa shape index (κ1) is 8.38. The zero-order chi connectivity index (χ0) is 9.26. The first-order valence-corrected chi connectivity index (χ1v) is 4.40. The van der Waals surface area contributed by atoms with Gasteiger partial charge in [-0.1, -0.05) is 12.1 Å². The average Bonchev–Trinajstić information content (AvgIpc) is 2.51. The highest BCUT2D eigenvalue weighted by molar-refractivity contribution is 5.79. The fourth-order valence-corrected chi connectivity index (χ4v) is 1.58. The lowest BCUT2D eigenvalue weighted by Gasteiger charge is -2.15. The van der Waals surface area contributed by atoms with Crippen LogP contribution in [0.15, 0.2) is 18.2 Å². The van der Waals surface area contributed by atoms with Gasteiger partial charge in [-0.3, -0.25) is 0 Å². The molecule has 1 radical (unpaired) electrons. The van der Waals surface area contributed by atoms with Crippen molar-refractivity contribution in [2.75, 3.05) is 23.4 Å². The topological polar surface area (TPSA) is 35.5 Å². The smallest absolute Gasteiger partial charge is 0.139 e. The highest BCUT2D eigenvalue weighted by Gasteiger charge is 2.19. The van der Waals surface area contributed by atoms with Gasteiger partial charge in [0.15, 0.2) is 0 Å². The van der Waals surface area contributed by atoms with Crippen molar-refractivity contribution in [2.45, 2.75) is 6.92 Å². The van der Waals surface area contributed by atoms with Gasteiger partial charge in [0.25, 0.3) is 0 Å². The van der Waals surface area contributed by atoms with Crippen LogP contribution in [0, 0.1) is 13.6 Å². The maximum atomic E-state index is 8.83. The predicted octanol–water partition coefficient (Wildman–Crippen LogP) is 1.34. The third-order valence-electron chi connectivity index (χ3n) is 2.27. The van der Waals surface area contributed by atoms with E-state index in [1.165, 1.54) is 5.56 Å². The molecule has 0 bridgehead atoms. The van der Waals surface area contributed by atoms with Crippen LogP contribution in [0.4, 0.5) is 11.4 Å². The Morgan fingerprint density at radius 2 is 2.31 bits per heavy atom. The maximum absolute atomic E-state index is 8.83. The lowest BCUT2D eigenvalue weighted by molar-refractivity contribution is 0.304. The highest BCUT2D eigenvalue weighted by Crippen LogP contribution is 2.34. The number of benzene rings is 1. The molecular weight excluding hydrogens is 164 g/mol. The number of aryl methyl sites for hydroxylation is 1. The molecule has 1 aliphatic heterocycles. The predicted molar refractivity (Wildman–Crippen MR) is 53.5 cm³/mol. The lowest BCUT2D eigenvalue weighted by Crippen LogP contribution is -2.21. The molecular formula is C10H13N2O. The molecule has 1 aromatic rings. The zero-order valence-corrected chi connectivity index (χ0v) is 7.62. The van der Waals surface area contributed by atoms with Crippen molar-refractivity contribution in [3.05, 3.63) is 30.4 Å². The minimum Gasteiger partial charge on any atom is -0.395 e. The fraction of sp³-hybridized carbons (Fsp3) is 0.300. The number of aliphatic hydroxyl groups excluding tert-OH is 1. The van der Waals surface area contributed by atoms with Crippen LogP contribution in [0.5, 0.6) is 0 Å². The van der Waals surface area contributed by atoms with Gasteiger partial charge >= 0.3 is 0 Å². The summed E-state index contributed by atoms with van der Waals surface area (Å²) >= 11 is 0. The largest absolute Gasteiger partial charge is 0.395 e. The second-order valence-corrected chi connectivity index (χ2v) is 3.16. The molecule has 0 aromatic heterocycles. The van der Waals surface area contributed by atoms with E-state index in [2.05, 4.69) is 24.4 Å². The van der Waals surface area contributed by atoms with Gasteiger partial charge < -0.3 is 15.3 Å². The Labute approximate surface area is 78.0 Å². The Morgan fingerprint density at radius 3 is 3.08 bits per heavy atom. The molecule has 0 fully saturated rings. The van der Waals surface area contributed by atoms with E-state index in [0.29, 0.717) is 6.54 Å². The van der Waals surface area contributed by atoms with Crippen molar-refractivity contribution < 1.29 is 5.11 Å². The SMILES string of the molecule is Cc1cccc2c1N[CH]N2CCO. The van der Waals surface area contributed by atoms with E-state index in [4.69, 9.17) is 5.11 Å². The third-order valence-corrected chi connectivity index (χ3v) is 2.27. The number of β-amino-alcohol motifs (C(OH)–C–C–N with tert-alkyl or cyclic N) is 1. The second kappa shape index (κ2) is 3.26. The van der Waals surface area contributed by atoms with E-state index < -0.39 is 0 Å². The summed E-state index contributed by atoms with van der Waals surface area (Å²) < 4.78 is 0. The molecule has 13 heavy (non-hydrogen) atoms. The summed E-state index contributed by atoms with van der Waals surface area (Å²) in [4.78, 5) is 2.02. The number of hydrogen-bond donors (Lipinski definition) is 2. The van der Waals surface area contributed by atoms with Crippen molar-refractivity contribution in [1.82, 2.24) is 0 Å². The van der Waals surface area contributed by atoms with Gasteiger partial charge in [-0.25, -0.2) is 0 Å². The average molecular weight is 177 g/mol. The number of para-hydroxylation sites is 1. The number of hydrogen-bond acceptors (Lipinski definition) is 3. The Bertz CT molecular complexity index is 312. The van der Waals surface area contributed by atoms with E-state index in [1.807, 2.05) is 17.6 Å². The number of nitrogens with one attached hydrogen (secondary N) is 1. The molecule has 3 nitrogen and oxygen atoms in total. The monoisotopic (exact) mass is 177 g/mol. The molecule has 1 heterocycles. The van der Waals surface area contributed by atoms with Gasteiger partial charge in [0, 0.05) is 6.54 Å². The molecule has 3 heteroatoms. The molecule has 0 amide bonds. The summed E-state index contributed by atoms with van der Waals surface area (Å²) in [6.45, 7) is 4.78. The van der Waals surface area contributed by atoms with Gasteiger partial charge in [0.05, 0.1) is 18.0 Å². The standard InChI is InChI=1S/C10H13N2O/c1-8-3-2-4-9-10(8)11-7-12(9)5-6-13/h2-4,7,11,13H,5-6H2,1H3. The van der Waals surface area contributed by atoms with Crippen LogP contribution in [0.2, 0.25) is 0 Å². The minimum absolute atomic E-state index is 0.172. The first-order valence-electron chi connectivity index (χ1n) is 4.40. The number of aliphatic hydroxyl groups is 1. The van der Waals surface area contributed by atoms with Gasteiger partial charge in [-0.2, -0.15) is 0 Å². The second-order valence-electron chi connectivity index (χ2n) is 3.16. The van der Waals surface area contributed by atoms with Crippen molar-refractivity contribution in [1.29, 1.82) is 0 Å². The molecule has 0 aliphatic carbocycles. The molecule has 0 saturated heterocycles. The van der Waals surface area contributed by atoms with E-state index in [9.17, 15) is 0 Å². The Hall–Kier alpha value is -1.22. The molecule has 2 rings (SSSR count). The number of nitrogens with zero attached hydrogens (tertiary/aromatic N) is 1. The first-order chi connectivity index (χ1) is 6.33. The number of fused-ring (bicyclic) bond motifs is 1. The van der Waals surface area contributed by atoms with Gasteiger partial charge in [0.1, 0.15) is 6.67 Å². The van der Waals surface area contributed by atoms with Gasteiger partial charge in [-0.05, 0) is 18.6 Å². The molecule has 0 atom stereocenters. The van der Waals surface area contributed by atoms with Gasteiger partial charge in [-0.15, -0.1) is 0 Å². The Morgan fingerprint density at radius 1 is 1.46 bits per heavy atom. The van der Waals surface area contributed by atoms with E-state index in [-0.39, 0.29) is 6.61 Å². The number of anilines is 2. The van der Waals surface area contributed by atoms with Crippen LogP contribution < -0.4 is 10.2 Å². The highest BCUT2D eigenvalue weighted by atomic mass is 16.3. The quantitative estimate of drug-likeness (QED) is 0.715. The minimum atomic E-state index is 0.172. The third kappa shape index (κ3) is 1.35. The van der Waals surface area contributed by atoms with Crippen molar-refractivity contribution in [3.8, 4) is 0 Å². The Balaban J connectivity index is 2.32. The Kier molecular flexibility index (Phi) is 2.10. The summed E-state index contributed by atoms with van der Waals surface area (Å²) in [6, 6.07) is 6.15. The molecule has 2 N–H and O–H groups in total. The molecule has 0 spiro atoms. The van der Waals surface area contributed by atoms with E-state index >= 15 is 0 Å². The summed E-state index contributed by atoms with van der Waals surface area (Å²) in [5, 5.41) is 12.0. The summed E-state index contributed by atoms with van der Waals surface area (Å²) in [6.07, 6.45) is 0. The van der Waals surface area contributed by atoms with Crippen LogP contribution in [0.1, 0.15) is 5.56 Å². The van der Waals surface area contributed by atoms with Gasteiger partial charge in [0.2, 0.25) is 0 Å². The molecule has 69 valence electrons. The van der Waals surface area contributed by atoms with Crippen LogP contribution in [0.25, 0.3) is 0 Å². The van der Waals surface area contributed by atoms with Crippen molar-refractivity contribution in [3.63, 3.8) is 0 Å². The van der Waals surface area contributed by atoms with Crippen LogP contribution >= 0.6 is 0 Å².